The van der Waals surface area contributed by atoms with Crippen LogP contribution in [0.5, 0.6) is 0 Å². The van der Waals surface area contributed by atoms with E-state index in [1.54, 1.807) is 11.3 Å². The Labute approximate surface area is 71.4 Å². The van der Waals surface area contributed by atoms with Crippen molar-refractivity contribution < 1.29 is 0 Å². The Kier molecular flexibility index (Phi) is 1.96. The molecule has 0 saturated carbocycles. The van der Waals surface area contributed by atoms with E-state index in [-0.39, 0.29) is 0 Å². The molecular formula is C9H13NS. The molecule has 1 aliphatic heterocycles. The lowest BCUT2D eigenvalue weighted by molar-refractivity contribution is 0.659. The molecule has 2 unspecified atom stereocenters. The summed E-state index contributed by atoms with van der Waals surface area (Å²) in [7, 11) is 0. The lowest BCUT2D eigenvalue weighted by atomic mass is 10.00. The van der Waals surface area contributed by atoms with E-state index in [1.165, 1.54) is 12.0 Å². The predicted molar refractivity (Wildman–Crippen MR) is 49.1 cm³/mol. The number of hydrogen-bond acceptors (Lipinski definition) is 2. The van der Waals surface area contributed by atoms with Crippen LogP contribution in [-0.4, -0.2) is 12.6 Å². The maximum absolute atomic E-state index is 3.46. The first-order valence-electron chi connectivity index (χ1n) is 4.12. The van der Waals surface area contributed by atoms with E-state index in [2.05, 4.69) is 29.1 Å². The second-order valence-corrected chi connectivity index (χ2v) is 4.08. The Bertz CT molecular complexity index is 217. The third kappa shape index (κ3) is 1.47. The highest BCUT2D eigenvalue weighted by molar-refractivity contribution is 7.07. The molecule has 1 saturated heterocycles. The Morgan fingerprint density at radius 1 is 1.64 bits per heavy atom. The third-order valence-corrected chi connectivity index (χ3v) is 3.07. The predicted octanol–water partition coefficient (Wildman–Crippen LogP) is 2.21. The molecule has 2 heterocycles. The molecule has 0 aliphatic carbocycles. The minimum Gasteiger partial charge on any atom is -0.314 e. The fourth-order valence-electron chi connectivity index (χ4n) is 1.70. The zero-order chi connectivity index (χ0) is 7.68. The van der Waals surface area contributed by atoms with Gasteiger partial charge in [-0.2, -0.15) is 11.3 Å². The van der Waals surface area contributed by atoms with Gasteiger partial charge in [0.05, 0.1) is 0 Å². The van der Waals surface area contributed by atoms with Gasteiger partial charge in [0.1, 0.15) is 0 Å². The average molecular weight is 167 g/mol. The molecule has 2 heteroatoms. The second-order valence-electron chi connectivity index (χ2n) is 3.30. The highest BCUT2D eigenvalue weighted by Gasteiger charge is 2.21. The third-order valence-electron chi connectivity index (χ3n) is 2.37. The summed E-state index contributed by atoms with van der Waals surface area (Å²) in [4.78, 5) is 0. The standard InChI is InChI=1S/C9H13NS/c1-7-4-9(5-10-7)8-2-3-11-6-8/h2-3,6-7,9-10H,4-5H2,1H3. The molecule has 1 N–H and O–H groups in total. The van der Waals surface area contributed by atoms with Crippen molar-refractivity contribution in [1.82, 2.24) is 5.32 Å². The first-order valence-corrected chi connectivity index (χ1v) is 5.06. The summed E-state index contributed by atoms with van der Waals surface area (Å²) in [5.74, 6) is 0.774. The maximum Gasteiger partial charge on any atom is 0.00452 e. The normalized spacial score (nSPS) is 31.0. The maximum atomic E-state index is 3.46. The summed E-state index contributed by atoms with van der Waals surface area (Å²) < 4.78 is 0. The summed E-state index contributed by atoms with van der Waals surface area (Å²) in [5, 5.41) is 7.90. The topological polar surface area (TPSA) is 12.0 Å². The van der Waals surface area contributed by atoms with Crippen molar-refractivity contribution in [3.8, 4) is 0 Å². The molecule has 60 valence electrons. The molecule has 0 amide bonds. The molecular weight excluding hydrogens is 154 g/mol. The summed E-state index contributed by atoms with van der Waals surface area (Å²) in [5.41, 5.74) is 1.52. The van der Waals surface area contributed by atoms with Crippen molar-refractivity contribution >= 4 is 11.3 Å². The molecule has 1 aliphatic rings. The van der Waals surface area contributed by atoms with Crippen LogP contribution in [0.15, 0.2) is 16.8 Å². The van der Waals surface area contributed by atoms with Gasteiger partial charge in [0.2, 0.25) is 0 Å². The molecule has 2 atom stereocenters. The molecule has 11 heavy (non-hydrogen) atoms. The van der Waals surface area contributed by atoms with E-state index in [4.69, 9.17) is 0 Å². The van der Waals surface area contributed by atoms with Gasteiger partial charge in [-0.05, 0) is 41.7 Å². The molecule has 1 aromatic rings. The zero-order valence-electron chi connectivity index (χ0n) is 6.71. The minimum atomic E-state index is 0.708. The van der Waals surface area contributed by atoms with Crippen LogP contribution in [0.1, 0.15) is 24.8 Å². The Morgan fingerprint density at radius 2 is 2.55 bits per heavy atom. The van der Waals surface area contributed by atoms with Crippen molar-refractivity contribution in [1.29, 1.82) is 0 Å². The fourth-order valence-corrected chi connectivity index (χ4v) is 2.44. The molecule has 0 bridgehead atoms. The second kappa shape index (κ2) is 2.95. The zero-order valence-corrected chi connectivity index (χ0v) is 7.53. The number of thiophene rings is 1. The Morgan fingerprint density at radius 3 is 3.09 bits per heavy atom. The first-order chi connectivity index (χ1) is 5.36. The van der Waals surface area contributed by atoms with Gasteiger partial charge in [-0.1, -0.05) is 0 Å². The number of nitrogens with one attached hydrogen (secondary N) is 1. The number of rotatable bonds is 1. The quantitative estimate of drug-likeness (QED) is 0.676. The van der Waals surface area contributed by atoms with Crippen molar-refractivity contribution in [3.63, 3.8) is 0 Å². The molecule has 1 nitrogen and oxygen atoms in total. The lowest BCUT2D eigenvalue weighted by Crippen LogP contribution is -2.16. The van der Waals surface area contributed by atoms with Crippen LogP contribution in [0.2, 0.25) is 0 Å². The summed E-state index contributed by atoms with van der Waals surface area (Å²) in [6, 6.07) is 2.95. The Balaban J connectivity index is 2.08. The summed E-state index contributed by atoms with van der Waals surface area (Å²) in [6.45, 7) is 3.42. The van der Waals surface area contributed by atoms with Crippen molar-refractivity contribution in [2.45, 2.75) is 25.3 Å². The number of hydrogen-bond donors (Lipinski definition) is 1. The first kappa shape index (κ1) is 7.32. The van der Waals surface area contributed by atoms with Gasteiger partial charge in [-0.3, -0.25) is 0 Å². The SMILES string of the molecule is CC1CC(c2ccsc2)CN1. The highest BCUT2D eigenvalue weighted by Crippen LogP contribution is 2.26. The van der Waals surface area contributed by atoms with Gasteiger partial charge >= 0.3 is 0 Å². The van der Waals surface area contributed by atoms with Gasteiger partial charge in [-0.15, -0.1) is 0 Å². The van der Waals surface area contributed by atoms with E-state index < -0.39 is 0 Å². The van der Waals surface area contributed by atoms with Crippen LogP contribution < -0.4 is 5.32 Å². The van der Waals surface area contributed by atoms with Crippen molar-refractivity contribution in [2.24, 2.45) is 0 Å². The molecule has 0 spiro atoms. The van der Waals surface area contributed by atoms with Crippen LogP contribution in [0.25, 0.3) is 0 Å². The monoisotopic (exact) mass is 167 g/mol. The largest absolute Gasteiger partial charge is 0.314 e. The molecule has 0 aromatic carbocycles. The van der Waals surface area contributed by atoms with Crippen LogP contribution in [-0.2, 0) is 0 Å². The van der Waals surface area contributed by atoms with Crippen LogP contribution >= 0.6 is 11.3 Å². The lowest BCUT2D eigenvalue weighted by Gasteiger charge is -2.03. The smallest absolute Gasteiger partial charge is 0.00452 e. The minimum absolute atomic E-state index is 0.708. The van der Waals surface area contributed by atoms with Gasteiger partial charge in [0, 0.05) is 12.6 Å². The van der Waals surface area contributed by atoms with Gasteiger partial charge in [0.25, 0.3) is 0 Å². The van der Waals surface area contributed by atoms with E-state index in [9.17, 15) is 0 Å². The van der Waals surface area contributed by atoms with Crippen LogP contribution in [0, 0.1) is 0 Å². The molecule has 1 fully saturated rings. The summed E-state index contributed by atoms with van der Waals surface area (Å²) in [6.07, 6.45) is 1.30. The van der Waals surface area contributed by atoms with Gasteiger partial charge in [0.15, 0.2) is 0 Å². The van der Waals surface area contributed by atoms with Gasteiger partial charge in [-0.25, -0.2) is 0 Å². The van der Waals surface area contributed by atoms with E-state index in [0.717, 1.165) is 12.5 Å². The van der Waals surface area contributed by atoms with Gasteiger partial charge < -0.3 is 5.32 Å². The molecule has 1 aromatic heterocycles. The Hall–Kier alpha value is -0.340. The summed E-state index contributed by atoms with van der Waals surface area (Å²) >= 11 is 1.80. The highest BCUT2D eigenvalue weighted by atomic mass is 32.1. The molecule has 2 rings (SSSR count). The van der Waals surface area contributed by atoms with Crippen LogP contribution in [0.3, 0.4) is 0 Å². The van der Waals surface area contributed by atoms with Crippen molar-refractivity contribution in [2.75, 3.05) is 6.54 Å². The van der Waals surface area contributed by atoms with Crippen LogP contribution in [0.4, 0.5) is 0 Å². The average Bonchev–Trinajstić information content (AvgIpc) is 2.55. The van der Waals surface area contributed by atoms with E-state index in [1.807, 2.05) is 0 Å². The fraction of sp³-hybridized carbons (Fsp3) is 0.556. The van der Waals surface area contributed by atoms with E-state index >= 15 is 0 Å². The van der Waals surface area contributed by atoms with Crippen molar-refractivity contribution in [3.05, 3.63) is 22.4 Å². The van der Waals surface area contributed by atoms with E-state index in [0.29, 0.717) is 6.04 Å². The molecule has 0 radical (unpaired) electrons.